The van der Waals surface area contributed by atoms with Gasteiger partial charge in [0.15, 0.2) is 10.3 Å². The number of nitrogens with zero attached hydrogens (tertiary/aromatic N) is 4. The Kier molecular flexibility index (Phi) is 11.0. The topological polar surface area (TPSA) is 69.8 Å². The highest BCUT2D eigenvalue weighted by Gasteiger charge is 2.24. The number of benzene rings is 2. The van der Waals surface area contributed by atoms with Crippen LogP contribution < -0.4 is 11.1 Å². The Morgan fingerprint density at radius 2 is 1.29 bits per heavy atom. The molecule has 0 N–H and O–H groups in total. The van der Waals surface area contributed by atoms with Crippen molar-refractivity contribution in [3.05, 3.63) is 92.8 Å². The van der Waals surface area contributed by atoms with Gasteiger partial charge in [0.25, 0.3) is 11.1 Å². The predicted molar refractivity (Wildman–Crippen MR) is 180 cm³/mol. The van der Waals surface area contributed by atoms with Crippen LogP contribution in [0.3, 0.4) is 0 Å². The summed E-state index contributed by atoms with van der Waals surface area (Å²) in [6.45, 7) is 6.51. The minimum absolute atomic E-state index is 0.0829. The van der Waals surface area contributed by atoms with Crippen molar-refractivity contribution in [1.82, 2.24) is 19.1 Å². The molecule has 42 heavy (non-hydrogen) atoms. The van der Waals surface area contributed by atoms with Crippen LogP contribution in [0, 0.1) is 0 Å². The van der Waals surface area contributed by atoms with Gasteiger partial charge in [-0.1, -0.05) is 87.1 Å². The Labute approximate surface area is 264 Å². The van der Waals surface area contributed by atoms with Crippen LogP contribution in [0.5, 0.6) is 0 Å². The van der Waals surface area contributed by atoms with Crippen LogP contribution in [0.1, 0.15) is 51.4 Å². The highest BCUT2D eigenvalue weighted by atomic mass is 32.2. The number of aryl methyl sites for hydroxylation is 2. The van der Waals surface area contributed by atoms with Crippen LogP contribution in [-0.2, 0) is 12.8 Å². The molecule has 0 saturated carbocycles. The molecular formula is C32H36N4O2S4. The molecule has 2 aromatic carbocycles. The molecule has 0 amide bonds. The summed E-state index contributed by atoms with van der Waals surface area (Å²) in [4.78, 5) is 36.9. The molecule has 2 aliphatic heterocycles. The molecule has 4 aromatic rings. The average Bonchev–Trinajstić information content (AvgIpc) is 3.69. The van der Waals surface area contributed by atoms with E-state index in [0.717, 1.165) is 92.2 Å². The molecule has 0 saturated heterocycles. The zero-order chi connectivity index (χ0) is 29.5. The highest BCUT2D eigenvalue weighted by Crippen LogP contribution is 2.32. The minimum Gasteiger partial charge on any atom is -0.268 e. The van der Waals surface area contributed by atoms with E-state index in [0.29, 0.717) is 5.25 Å². The fraction of sp³-hybridized carbons (Fsp3) is 0.375. The summed E-state index contributed by atoms with van der Waals surface area (Å²) in [5.41, 5.74) is 3.94. The second-order valence-electron chi connectivity index (χ2n) is 10.0. The highest BCUT2D eigenvalue weighted by molar-refractivity contribution is 8.00. The molecule has 2 aromatic heterocycles. The van der Waals surface area contributed by atoms with E-state index in [-0.39, 0.29) is 11.1 Å². The summed E-state index contributed by atoms with van der Waals surface area (Å²) in [6.07, 6.45) is 5.16. The molecule has 1 atom stereocenters. The molecule has 0 radical (unpaired) electrons. The van der Waals surface area contributed by atoms with Crippen molar-refractivity contribution >= 4 is 47.0 Å². The summed E-state index contributed by atoms with van der Waals surface area (Å²) in [5, 5.41) is 2.10. The van der Waals surface area contributed by atoms with Gasteiger partial charge >= 0.3 is 0 Å². The Hall–Kier alpha value is -2.40. The van der Waals surface area contributed by atoms with Crippen LogP contribution in [0.2, 0.25) is 0 Å². The van der Waals surface area contributed by atoms with Gasteiger partial charge in [-0.15, -0.1) is 23.5 Å². The van der Waals surface area contributed by atoms with Gasteiger partial charge in [-0.05, 0) is 37.1 Å². The van der Waals surface area contributed by atoms with Gasteiger partial charge in [0.2, 0.25) is 0 Å². The third kappa shape index (κ3) is 7.04. The molecule has 2 aliphatic rings. The van der Waals surface area contributed by atoms with Crippen molar-refractivity contribution in [2.45, 2.75) is 78.2 Å². The second kappa shape index (κ2) is 14.9. The molecule has 0 fully saturated rings. The van der Waals surface area contributed by atoms with E-state index in [1.807, 2.05) is 60.7 Å². The van der Waals surface area contributed by atoms with Crippen molar-refractivity contribution in [2.75, 3.05) is 17.3 Å². The second-order valence-corrected chi connectivity index (χ2v) is 14.7. The number of unbranched alkanes of at least 4 members (excludes halogenated alkanes) is 1. The van der Waals surface area contributed by atoms with Crippen molar-refractivity contribution < 1.29 is 0 Å². The van der Waals surface area contributed by atoms with Gasteiger partial charge in [-0.25, -0.2) is 9.97 Å². The normalized spacial score (nSPS) is 14.2. The lowest BCUT2D eigenvalue weighted by Crippen LogP contribution is -2.24. The maximum atomic E-state index is 12.8. The van der Waals surface area contributed by atoms with E-state index in [9.17, 15) is 9.59 Å². The van der Waals surface area contributed by atoms with E-state index in [1.165, 1.54) is 0 Å². The summed E-state index contributed by atoms with van der Waals surface area (Å²) < 4.78 is 3.55. The largest absolute Gasteiger partial charge is 0.272 e. The monoisotopic (exact) mass is 636 g/mol. The molecule has 0 spiro atoms. The third-order valence-corrected chi connectivity index (χ3v) is 11.4. The summed E-state index contributed by atoms with van der Waals surface area (Å²) in [7, 11) is 0. The van der Waals surface area contributed by atoms with E-state index >= 15 is 0 Å². The lowest BCUT2D eigenvalue weighted by Gasteiger charge is -2.15. The molecule has 6 rings (SSSR count). The predicted octanol–water partition coefficient (Wildman–Crippen LogP) is 7.54. The summed E-state index contributed by atoms with van der Waals surface area (Å²) >= 11 is 6.64. The van der Waals surface area contributed by atoms with Gasteiger partial charge in [0.05, 0.1) is 32.6 Å². The standard InChI is InChI=1S/2C16H18N2OS2/c1-3-11(2)21-16-17-13-9-10-20-14(13)15(19)18(16)12-7-5-4-6-8-12;1-2-3-10-21-16-17-13-9-11-20-14(13)15(19)18(16)12-7-5-4-6-8-12/h4-8,11H,3,9-10H2,1-2H3;4-8H,2-3,9-11H2,1H3. The first kappa shape index (κ1) is 31.0. The number of para-hydroxylation sites is 2. The first-order valence-corrected chi connectivity index (χ1v) is 18.3. The van der Waals surface area contributed by atoms with Crippen molar-refractivity contribution in [3.63, 3.8) is 0 Å². The number of thioether (sulfide) groups is 4. The van der Waals surface area contributed by atoms with E-state index in [2.05, 4.69) is 20.8 Å². The fourth-order valence-electron chi connectivity index (χ4n) is 4.54. The molecule has 220 valence electrons. The third-order valence-electron chi connectivity index (χ3n) is 6.97. The lowest BCUT2D eigenvalue weighted by molar-refractivity contribution is 0.734. The molecule has 6 nitrogen and oxygen atoms in total. The Morgan fingerprint density at radius 1 is 0.786 bits per heavy atom. The Morgan fingerprint density at radius 3 is 1.79 bits per heavy atom. The van der Waals surface area contributed by atoms with Crippen LogP contribution in [0.15, 0.2) is 90.4 Å². The van der Waals surface area contributed by atoms with Crippen LogP contribution in [0.25, 0.3) is 11.4 Å². The van der Waals surface area contributed by atoms with E-state index < -0.39 is 0 Å². The zero-order valence-corrected chi connectivity index (χ0v) is 27.5. The SMILES string of the molecule is CCC(C)Sc1nc2c(c(=O)n1-c1ccccc1)SCC2.CCCCSc1nc2c(c(=O)n1-c1ccccc1)SCC2. The molecular weight excluding hydrogens is 601 g/mol. The van der Waals surface area contributed by atoms with Gasteiger partial charge in [-0.2, -0.15) is 0 Å². The maximum Gasteiger partial charge on any atom is 0.272 e. The smallest absolute Gasteiger partial charge is 0.268 e. The zero-order valence-electron chi connectivity index (χ0n) is 24.2. The first-order valence-electron chi connectivity index (χ1n) is 14.5. The number of hydrogen-bond donors (Lipinski definition) is 0. The molecule has 0 aliphatic carbocycles. The summed E-state index contributed by atoms with van der Waals surface area (Å²) in [5.74, 6) is 2.93. The van der Waals surface area contributed by atoms with E-state index in [1.54, 1.807) is 56.2 Å². The van der Waals surface area contributed by atoms with Gasteiger partial charge in [-0.3, -0.25) is 18.7 Å². The summed E-state index contributed by atoms with van der Waals surface area (Å²) in [6, 6.07) is 19.6. The first-order chi connectivity index (χ1) is 20.5. The number of fused-ring (bicyclic) bond motifs is 2. The van der Waals surface area contributed by atoms with Crippen molar-refractivity contribution in [2.24, 2.45) is 0 Å². The molecule has 0 bridgehead atoms. The van der Waals surface area contributed by atoms with Gasteiger partial charge in [0.1, 0.15) is 0 Å². The number of rotatable bonds is 9. The number of hydrogen-bond acceptors (Lipinski definition) is 8. The fourth-order valence-corrected chi connectivity index (χ4v) is 8.69. The van der Waals surface area contributed by atoms with Crippen molar-refractivity contribution in [3.8, 4) is 11.4 Å². The van der Waals surface area contributed by atoms with E-state index in [4.69, 9.17) is 9.97 Å². The van der Waals surface area contributed by atoms with Gasteiger partial charge < -0.3 is 0 Å². The van der Waals surface area contributed by atoms with Crippen molar-refractivity contribution in [1.29, 1.82) is 0 Å². The van der Waals surface area contributed by atoms with Crippen LogP contribution >= 0.6 is 47.0 Å². The van der Waals surface area contributed by atoms with Crippen LogP contribution in [0.4, 0.5) is 0 Å². The number of aromatic nitrogens is 4. The minimum atomic E-state index is 0.0829. The van der Waals surface area contributed by atoms with Crippen LogP contribution in [-0.4, -0.2) is 41.6 Å². The quantitative estimate of drug-likeness (QED) is 0.106. The Balaban J connectivity index is 0.000000168. The Bertz CT molecular complexity index is 1620. The molecule has 4 heterocycles. The lowest BCUT2D eigenvalue weighted by atomic mass is 10.3. The average molecular weight is 637 g/mol. The maximum absolute atomic E-state index is 12.8. The molecule has 1 unspecified atom stereocenters. The van der Waals surface area contributed by atoms with Gasteiger partial charge in [0, 0.05) is 35.4 Å². The molecule has 10 heteroatoms.